The van der Waals surface area contributed by atoms with Gasteiger partial charge in [-0.25, -0.2) is 0 Å². The van der Waals surface area contributed by atoms with Crippen LogP contribution in [0.5, 0.6) is 5.75 Å². The van der Waals surface area contributed by atoms with Crippen LogP contribution >= 0.6 is 0 Å². The zero-order chi connectivity index (χ0) is 14.4. The lowest BCUT2D eigenvalue weighted by Crippen LogP contribution is -2.18. The van der Waals surface area contributed by atoms with Crippen LogP contribution in [0.3, 0.4) is 0 Å². The Balaban J connectivity index is 2.07. The molecule has 0 aliphatic carbocycles. The standard InChI is InChI=1S/C16H24N2O2/c1-3-4-7-16(19)17-14-9-8-13(12-15(14)20-2)18-10-5-6-11-18/h8-9,12H,3-7,10-11H2,1-2H3,(H,17,19). The third-order valence-corrected chi connectivity index (χ3v) is 3.69. The van der Waals surface area contributed by atoms with Crippen molar-refractivity contribution in [2.24, 2.45) is 0 Å². The van der Waals surface area contributed by atoms with E-state index in [2.05, 4.69) is 23.2 Å². The molecule has 110 valence electrons. The van der Waals surface area contributed by atoms with Crippen LogP contribution in [0.2, 0.25) is 0 Å². The second-order valence-electron chi connectivity index (χ2n) is 5.23. The summed E-state index contributed by atoms with van der Waals surface area (Å²) in [5, 5.41) is 2.93. The van der Waals surface area contributed by atoms with Crippen molar-refractivity contribution in [2.75, 3.05) is 30.4 Å². The van der Waals surface area contributed by atoms with Crippen molar-refractivity contribution in [2.45, 2.75) is 39.0 Å². The number of benzene rings is 1. The number of amides is 1. The molecule has 1 amide bonds. The first-order chi connectivity index (χ1) is 9.74. The summed E-state index contributed by atoms with van der Waals surface area (Å²) in [5.41, 5.74) is 1.93. The molecule has 0 bridgehead atoms. The van der Waals surface area contributed by atoms with E-state index in [0.717, 1.165) is 37.4 Å². The summed E-state index contributed by atoms with van der Waals surface area (Å²) in [6.45, 7) is 4.29. The number of carbonyl (C=O) groups excluding carboxylic acids is 1. The molecule has 1 saturated heterocycles. The molecule has 1 aromatic rings. The number of nitrogens with one attached hydrogen (secondary N) is 1. The molecule has 20 heavy (non-hydrogen) atoms. The minimum atomic E-state index is 0.0547. The van der Waals surface area contributed by atoms with Gasteiger partial charge in [-0.1, -0.05) is 13.3 Å². The maximum absolute atomic E-state index is 11.8. The maximum atomic E-state index is 11.8. The SMILES string of the molecule is CCCCC(=O)Nc1ccc(N2CCCC2)cc1OC. The molecule has 1 fully saturated rings. The number of hydrogen-bond acceptors (Lipinski definition) is 3. The van der Waals surface area contributed by atoms with Gasteiger partial charge in [0.15, 0.2) is 0 Å². The summed E-state index contributed by atoms with van der Waals surface area (Å²) >= 11 is 0. The zero-order valence-electron chi connectivity index (χ0n) is 12.4. The van der Waals surface area contributed by atoms with Crippen molar-refractivity contribution in [3.05, 3.63) is 18.2 Å². The predicted octanol–water partition coefficient (Wildman–Crippen LogP) is 3.42. The lowest BCUT2D eigenvalue weighted by atomic mass is 10.2. The summed E-state index contributed by atoms with van der Waals surface area (Å²) < 4.78 is 5.41. The summed E-state index contributed by atoms with van der Waals surface area (Å²) in [5.74, 6) is 0.790. The van der Waals surface area contributed by atoms with E-state index in [1.54, 1.807) is 7.11 Å². The third kappa shape index (κ3) is 3.65. The predicted molar refractivity (Wildman–Crippen MR) is 82.6 cm³/mol. The number of methoxy groups -OCH3 is 1. The van der Waals surface area contributed by atoms with Gasteiger partial charge in [0, 0.05) is 31.3 Å². The molecule has 0 unspecified atom stereocenters. The van der Waals surface area contributed by atoms with E-state index in [0.29, 0.717) is 6.42 Å². The van der Waals surface area contributed by atoms with Crippen LogP contribution in [0.4, 0.5) is 11.4 Å². The van der Waals surface area contributed by atoms with Gasteiger partial charge in [-0.2, -0.15) is 0 Å². The van der Waals surface area contributed by atoms with Crippen LogP contribution in [-0.4, -0.2) is 26.1 Å². The largest absolute Gasteiger partial charge is 0.494 e. The van der Waals surface area contributed by atoms with E-state index in [1.165, 1.54) is 18.5 Å². The Labute approximate surface area is 121 Å². The van der Waals surface area contributed by atoms with Crippen LogP contribution < -0.4 is 15.0 Å². The normalized spacial score (nSPS) is 14.4. The van der Waals surface area contributed by atoms with Gasteiger partial charge in [0.1, 0.15) is 5.75 Å². The van der Waals surface area contributed by atoms with E-state index >= 15 is 0 Å². The fourth-order valence-corrected chi connectivity index (χ4v) is 2.51. The van der Waals surface area contributed by atoms with Crippen LogP contribution in [0.15, 0.2) is 18.2 Å². The highest BCUT2D eigenvalue weighted by atomic mass is 16.5. The van der Waals surface area contributed by atoms with Crippen molar-refractivity contribution in [1.29, 1.82) is 0 Å². The average Bonchev–Trinajstić information content (AvgIpc) is 2.99. The summed E-state index contributed by atoms with van der Waals surface area (Å²) in [7, 11) is 1.64. The van der Waals surface area contributed by atoms with Crippen molar-refractivity contribution in [1.82, 2.24) is 0 Å². The Morgan fingerprint density at radius 1 is 1.35 bits per heavy atom. The molecular formula is C16H24N2O2. The summed E-state index contributed by atoms with van der Waals surface area (Å²) in [6.07, 6.45) is 5.00. The van der Waals surface area contributed by atoms with Gasteiger partial charge in [0.25, 0.3) is 0 Å². The topological polar surface area (TPSA) is 41.6 Å². The molecular weight excluding hydrogens is 252 g/mol. The second kappa shape index (κ2) is 7.17. The number of rotatable bonds is 6. The molecule has 2 rings (SSSR count). The Bertz CT molecular complexity index is 454. The van der Waals surface area contributed by atoms with Gasteiger partial charge in [0.2, 0.25) is 5.91 Å². The van der Waals surface area contributed by atoms with Gasteiger partial charge in [0.05, 0.1) is 12.8 Å². The Morgan fingerprint density at radius 2 is 2.10 bits per heavy atom. The van der Waals surface area contributed by atoms with Crippen molar-refractivity contribution >= 4 is 17.3 Å². The fourth-order valence-electron chi connectivity index (χ4n) is 2.51. The molecule has 0 spiro atoms. The van der Waals surface area contributed by atoms with Gasteiger partial charge < -0.3 is 15.0 Å². The van der Waals surface area contributed by atoms with Crippen LogP contribution in [0.1, 0.15) is 39.0 Å². The number of anilines is 2. The fraction of sp³-hybridized carbons (Fsp3) is 0.562. The zero-order valence-corrected chi connectivity index (χ0v) is 12.4. The number of ether oxygens (including phenoxy) is 1. The number of unbranched alkanes of at least 4 members (excludes halogenated alkanes) is 1. The van der Waals surface area contributed by atoms with E-state index in [-0.39, 0.29) is 5.91 Å². The molecule has 0 aromatic heterocycles. The third-order valence-electron chi connectivity index (χ3n) is 3.69. The number of nitrogens with zero attached hydrogens (tertiary/aromatic N) is 1. The first-order valence-corrected chi connectivity index (χ1v) is 7.47. The molecule has 4 heteroatoms. The lowest BCUT2D eigenvalue weighted by Gasteiger charge is -2.19. The molecule has 1 aromatic carbocycles. The molecule has 1 aliphatic rings. The minimum Gasteiger partial charge on any atom is -0.494 e. The summed E-state index contributed by atoms with van der Waals surface area (Å²) in [6, 6.07) is 6.01. The Kier molecular flexibility index (Phi) is 5.27. The molecule has 1 N–H and O–H groups in total. The highest BCUT2D eigenvalue weighted by Gasteiger charge is 2.15. The molecule has 0 saturated carbocycles. The monoisotopic (exact) mass is 276 g/mol. The van der Waals surface area contributed by atoms with Gasteiger partial charge >= 0.3 is 0 Å². The van der Waals surface area contributed by atoms with Crippen LogP contribution in [-0.2, 0) is 4.79 Å². The van der Waals surface area contributed by atoms with E-state index in [9.17, 15) is 4.79 Å². The average molecular weight is 276 g/mol. The minimum absolute atomic E-state index is 0.0547. The molecule has 1 heterocycles. The van der Waals surface area contributed by atoms with E-state index < -0.39 is 0 Å². The Hall–Kier alpha value is -1.71. The quantitative estimate of drug-likeness (QED) is 0.865. The molecule has 0 atom stereocenters. The summed E-state index contributed by atoms with van der Waals surface area (Å²) in [4.78, 5) is 14.2. The van der Waals surface area contributed by atoms with E-state index in [4.69, 9.17) is 4.74 Å². The van der Waals surface area contributed by atoms with E-state index in [1.807, 2.05) is 12.1 Å². The lowest BCUT2D eigenvalue weighted by molar-refractivity contribution is -0.116. The molecule has 4 nitrogen and oxygen atoms in total. The maximum Gasteiger partial charge on any atom is 0.224 e. The van der Waals surface area contributed by atoms with Crippen LogP contribution in [0, 0.1) is 0 Å². The van der Waals surface area contributed by atoms with Crippen LogP contribution in [0.25, 0.3) is 0 Å². The van der Waals surface area contributed by atoms with Gasteiger partial charge in [-0.3, -0.25) is 4.79 Å². The highest BCUT2D eigenvalue weighted by molar-refractivity contribution is 5.92. The first kappa shape index (κ1) is 14.7. The van der Waals surface area contributed by atoms with Gasteiger partial charge in [-0.15, -0.1) is 0 Å². The second-order valence-corrected chi connectivity index (χ2v) is 5.23. The molecule has 0 radical (unpaired) electrons. The van der Waals surface area contributed by atoms with Crippen molar-refractivity contribution < 1.29 is 9.53 Å². The highest BCUT2D eigenvalue weighted by Crippen LogP contribution is 2.31. The first-order valence-electron chi connectivity index (χ1n) is 7.47. The van der Waals surface area contributed by atoms with Gasteiger partial charge in [-0.05, 0) is 31.4 Å². The molecule has 1 aliphatic heterocycles. The van der Waals surface area contributed by atoms with Crippen molar-refractivity contribution in [3.8, 4) is 5.75 Å². The van der Waals surface area contributed by atoms with Crippen molar-refractivity contribution in [3.63, 3.8) is 0 Å². The Morgan fingerprint density at radius 3 is 2.75 bits per heavy atom. The smallest absolute Gasteiger partial charge is 0.224 e. The number of hydrogen-bond donors (Lipinski definition) is 1. The number of carbonyl (C=O) groups is 1.